The van der Waals surface area contributed by atoms with E-state index < -0.39 is 11.8 Å². The molecule has 0 aliphatic heterocycles. The highest BCUT2D eigenvalue weighted by molar-refractivity contribution is 5.87. The van der Waals surface area contributed by atoms with Gasteiger partial charge in [-0.15, -0.1) is 0 Å². The van der Waals surface area contributed by atoms with E-state index in [-0.39, 0.29) is 12.2 Å². The van der Waals surface area contributed by atoms with E-state index in [9.17, 15) is 9.18 Å². The second-order valence-electron chi connectivity index (χ2n) is 7.42. The number of nitrogens with zero attached hydrogens (tertiary/aromatic N) is 1. The second-order valence-corrected chi connectivity index (χ2v) is 7.42. The molecule has 0 unspecified atom stereocenters. The Morgan fingerprint density at radius 1 is 1.07 bits per heavy atom. The van der Waals surface area contributed by atoms with Gasteiger partial charge in [-0.2, -0.15) is 0 Å². The number of aromatic nitrogens is 1. The highest BCUT2D eigenvalue weighted by atomic mass is 19.1. The number of halogens is 1. The monoisotopic (exact) mass is 407 g/mol. The number of benzene rings is 2. The van der Waals surface area contributed by atoms with Crippen molar-refractivity contribution in [2.24, 2.45) is 5.92 Å². The van der Waals surface area contributed by atoms with E-state index in [0.29, 0.717) is 23.1 Å². The Morgan fingerprint density at radius 2 is 1.93 bits per heavy atom. The smallest absolute Gasteiger partial charge is 0.335 e. The maximum atomic E-state index is 14.1. The van der Waals surface area contributed by atoms with Crippen LogP contribution in [0.5, 0.6) is 11.6 Å². The van der Waals surface area contributed by atoms with Crippen molar-refractivity contribution in [3.8, 4) is 22.8 Å². The van der Waals surface area contributed by atoms with Gasteiger partial charge in [-0.1, -0.05) is 24.6 Å². The highest BCUT2D eigenvalue weighted by Gasteiger charge is 2.18. The van der Waals surface area contributed by atoms with E-state index in [1.54, 1.807) is 12.3 Å². The molecule has 3 aromatic rings. The van der Waals surface area contributed by atoms with Crippen LogP contribution in [-0.2, 0) is 6.61 Å². The van der Waals surface area contributed by atoms with Gasteiger partial charge in [0.1, 0.15) is 18.2 Å². The summed E-state index contributed by atoms with van der Waals surface area (Å²) < 4.78 is 25.5. The van der Waals surface area contributed by atoms with Crippen LogP contribution >= 0.6 is 0 Å². The highest BCUT2D eigenvalue weighted by Crippen LogP contribution is 2.28. The minimum atomic E-state index is -1.16. The molecule has 1 fully saturated rings. The Bertz CT molecular complexity index is 1030. The van der Waals surface area contributed by atoms with Crippen molar-refractivity contribution in [1.29, 1.82) is 0 Å². The molecule has 1 aliphatic rings. The zero-order valence-electron chi connectivity index (χ0n) is 16.4. The number of hydrogen-bond acceptors (Lipinski definition) is 4. The van der Waals surface area contributed by atoms with Gasteiger partial charge in [0, 0.05) is 23.4 Å². The van der Waals surface area contributed by atoms with Crippen LogP contribution in [0, 0.1) is 11.7 Å². The summed E-state index contributed by atoms with van der Waals surface area (Å²) in [6.45, 7) is 0.723. The van der Waals surface area contributed by atoms with Gasteiger partial charge in [0.15, 0.2) is 0 Å². The number of carbonyl (C=O) groups is 1. The zero-order chi connectivity index (χ0) is 20.9. The van der Waals surface area contributed by atoms with Crippen LogP contribution in [-0.4, -0.2) is 22.7 Å². The summed E-state index contributed by atoms with van der Waals surface area (Å²) in [4.78, 5) is 15.3. The first-order valence-electron chi connectivity index (χ1n) is 9.92. The third kappa shape index (κ3) is 4.76. The van der Waals surface area contributed by atoms with Gasteiger partial charge in [-0.3, -0.25) is 0 Å². The number of carboxylic acid groups (broad SMARTS) is 1. The predicted octanol–water partition coefficient (Wildman–Crippen LogP) is 5.34. The van der Waals surface area contributed by atoms with Crippen LogP contribution in [0.1, 0.15) is 35.2 Å². The van der Waals surface area contributed by atoms with Crippen molar-refractivity contribution in [3.05, 3.63) is 77.7 Å². The summed E-state index contributed by atoms with van der Waals surface area (Å²) in [6.07, 6.45) is 5.52. The number of aromatic carboxylic acids is 1. The third-order valence-corrected chi connectivity index (χ3v) is 5.29. The van der Waals surface area contributed by atoms with Gasteiger partial charge in [0.25, 0.3) is 0 Å². The zero-order valence-corrected chi connectivity index (χ0v) is 16.4. The fraction of sp³-hybridized carbons (Fsp3) is 0.250. The van der Waals surface area contributed by atoms with E-state index in [1.807, 2.05) is 30.3 Å². The molecule has 0 bridgehead atoms. The second kappa shape index (κ2) is 8.95. The molecule has 5 nitrogen and oxygen atoms in total. The molecule has 1 N–H and O–H groups in total. The average Bonchev–Trinajstić information content (AvgIpc) is 2.72. The van der Waals surface area contributed by atoms with E-state index in [0.717, 1.165) is 23.8 Å². The Balaban J connectivity index is 1.39. The SMILES string of the molecule is O=C(O)c1ccc(COc2cccc(-c3ccc(OCC4CCC4)nc3)c2)c(F)c1. The van der Waals surface area contributed by atoms with Crippen molar-refractivity contribution >= 4 is 5.97 Å². The summed E-state index contributed by atoms with van der Waals surface area (Å²) in [6, 6.07) is 15.0. The maximum Gasteiger partial charge on any atom is 0.335 e. The van der Waals surface area contributed by atoms with Gasteiger partial charge in [-0.05, 0) is 54.7 Å². The molecule has 4 rings (SSSR count). The van der Waals surface area contributed by atoms with E-state index in [2.05, 4.69) is 4.98 Å². The Morgan fingerprint density at radius 3 is 2.60 bits per heavy atom. The molecule has 2 aromatic carbocycles. The van der Waals surface area contributed by atoms with Gasteiger partial charge in [0.2, 0.25) is 5.88 Å². The Labute approximate surface area is 174 Å². The molecular weight excluding hydrogens is 385 g/mol. The standard InChI is InChI=1S/C24H22FNO4/c25-22-12-18(24(27)28)7-8-20(22)15-29-21-6-2-5-17(11-21)19-9-10-23(26-13-19)30-14-16-3-1-4-16/h2,5-13,16H,1,3-4,14-15H2,(H,27,28). The first-order valence-corrected chi connectivity index (χ1v) is 9.92. The van der Waals surface area contributed by atoms with E-state index in [1.165, 1.54) is 31.4 Å². The lowest BCUT2D eigenvalue weighted by atomic mass is 9.86. The summed E-state index contributed by atoms with van der Waals surface area (Å²) in [5, 5.41) is 8.92. The summed E-state index contributed by atoms with van der Waals surface area (Å²) in [7, 11) is 0. The van der Waals surface area contributed by atoms with Crippen molar-refractivity contribution < 1.29 is 23.8 Å². The number of carboxylic acids is 1. The van der Waals surface area contributed by atoms with Gasteiger partial charge in [-0.25, -0.2) is 14.2 Å². The molecule has 30 heavy (non-hydrogen) atoms. The van der Waals surface area contributed by atoms with Crippen LogP contribution in [0.3, 0.4) is 0 Å². The Kier molecular flexibility index (Phi) is 5.93. The van der Waals surface area contributed by atoms with Crippen molar-refractivity contribution in [1.82, 2.24) is 4.98 Å². The molecule has 0 radical (unpaired) electrons. The third-order valence-electron chi connectivity index (χ3n) is 5.29. The van der Waals surface area contributed by atoms with Gasteiger partial charge < -0.3 is 14.6 Å². The lowest BCUT2D eigenvalue weighted by molar-refractivity contribution is 0.0696. The molecule has 6 heteroatoms. The lowest BCUT2D eigenvalue weighted by Crippen LogP contribution is -2.19. The number of hydrogen-bond donors (Lipinski definition) is 1. The molecule has 0 spiro atoms. The van der Waals surface area contributed by atoms with Crippen LogP contribution in [0.4, 0.5) is 4.39 Å². The van der Waals surface area contributed by atoms with Crippen molar-refractivity contribution in [3.63, 3.8) is 0 Å². The molecular formula is C24H22FNO4. The van der Waals surface area contributed by atoms with Crippen molar-refractivity contribution in [2.75, 3.05) is 6.61 Å². The van der Waals surface area contributed by atoms with Gasteiger partial charge >= 0.3 is 5.97 Å². The number of ether oxygens (including phenoxy) is 2. The van der Waals surface area contributed by atoms with Crippen LogP contribution in [0.2, 0.25) is 0 Å². The molecule has 0 amide bonds. The van der Waals surface area contributed by atoms with Crippen LogP contribution in [0.25, 0.3) is 11.1 Å². The van der Waals surface area contributed by atoms with Crippen LogP contribution in [0.15, 0.2) is 60.8 Å². The summed E-state index contributed by atoms with van der Waals surface area (Å²) >= 11 is 0. The van der Waals surface area contributed by atoms with E-state index in [4.69, 9.17) is 14.6 Å². The Hall–Kier alpha value is -3.41. The maximum absolute atomic E-state index is 14.1. The lowest BCUT2D eigenvalue weighted by Gasteiger charge is -2.24. The fourth-order valence-electron chi connectivity index (χ4n) is 3.22. The molecule has 0 atom stereocenters. The van der Waals surface area contributed by atoms with Gasteiger partial charge in [0.05, 0.1) is 12.2 Å². The van der Waals surface area contributed by atoms with E-state index >= 15 is 0 Å². The number of pyridine rings is 1. The number of rotatable bonds is 8. The molecule has 1 aliphatic carbocycles. The molecule has 1 heterocycles. The topological polar surface area (TPSA) is 68.7 Å². The van der Waals surface area contributed by atoms with Crippen molar-refractivity contribution in [2.45, 2.75) is 25.9 Å². The minimum Gasteiger partial charge on any atom is -0.489 e. The first kappa shape index (κ1) is 19.9. The first-order chi connectivity index (χ1) is 14.6. The minimum absolute atomic E-state index is 0.00137. The summed E-state index contributed by atoms with van der Waals surface area (Å²) in [5.74, 6) is 0.0956. The molecule has 1 saturated carbocycles. The quantitative estimate of drug-likeness (QED) is 0.546. The average molecular weight is 407 g/mol. The molecule has 1 aromatic heterocycles. The largest absolute Gasteiger partial charge is 0.489 e. The fourth-order valence-corrected chi connectivity index (χ4v) is 3.22. The molecule has 154 valence electrons. The molecule has 0 saturated heterocycles. The summed E-state index contributed by atoms with van der Waals surface area (Å²) in [5.41, 5.74) is 2.05. The predicted molar refractivity (Wildman–Crippen MR) is 110 cm³/mol. The van der Waals surface area contributed by atoms with Crippen LogP contribution < -0.4 is 9.47 Å². The normalized spacial score (nSPS) is 13.5.